The molecule has 0 saturated carbocycles. The highest BCUT2D eigenvalue weighted by Gasteiger charge is 2.23. The molecule has 76 valence electrons. The molecule has 1 unspecified atom stereocenters. The molecular formula is C11H14O2S. The first-order chi connectivity index (χ1) is 6.59. The van der Waals surface area contributed by atoms with E-state index in [1.54, 1.807) is 12.1 Å². The van der Waals surface area contributed by atoms with Gasteiger partial charge in [0.1, 0.15) is 0 Å². The van der Waals surface area contributed by atoms with Gasteiger partial charge in [-0.2, -0.15) is 0 Å². The molecule has 0 N–H and O–H groups in total. The average Bonchev–Trinajstić information content (AvgIpc) is 2.25. The quantitative estimate of drug-likeness (QED) is 0.656. The van der Waals surface area contributed by atoms with Gasteiger partial charge >= 0.3 is 0 Å². The SMILES string of the molecule is CC1CCS(=O)(=O)c2ccccc2C1. The Balaban J connectivity index is 2.58. The zero-order valence-electron chi connectivity index (χ0n) is 8.23. The lowest BCUT2D eigenvalue weighted by molar-refractivity contribution is 0.556. The second-order valence-electron chi connectivity index (χ2n) is 4.02. The van der Waals surface area contributed by atoms with E-state index in [1.165, 1.54) is 0 Å². The van der Waals surface area contributed by atoms with Gasteiger partial charge in [-0.1, -0.05) is 25.1 Å². The van der Waals surface area contributed by atoms with Crippen LogP contribution in [0.2, 0.25) is 0 Å². The lowest BCUT2D eigenvalue weighted by Gasteiger charge is -2.06. The maximum Gasteiger partial charge on any atom is 0.178 e. The molecule has 0 amide bonds. The number of hydrogen-bond acceptors (Lipinski definition) is 2. The predicted molar refractivity (Wildman–Crippen MR) is 56.0 cm³/mol. The minimum absolute atomic E-state index is 0.297. The van der Waals surface area contributed by atoms with Crippen molar-refractivity contribution >= 4 is 9.84 Å². The van der Waals surface area contributed by atoms with Crippen LogP contribution in [0, 0.1) is 5.92 Å². The van der Waals surface area contributed by atoms with E-state index in [-0.39, 0.29) is 0 Å². The number of rotatable bonds is 0. The van der Waals surface area contributed by atoms with Gasteiger partial charge < -0.3 is 0 Å². The molecular weight excluding hydrogens is 196 g/mol. The van der Waals surface area contributed by atoms with E-state index in [2.05, 4.69) is 6.92 Å². The van der Waals surface area contributed by atoms with Crippen molar-refractivity contribution in [1.82, 2.24) is 0 Å². The normalized spacial score (nSPS) is 25.1. The van der Waals surface area contributed by atoms with Crippen molar-refractivity contribution in [3.8, 4) is 0 Å². The minimum atomic E-state index is -3.01. The first kappa shape index (κ1) is 9.71. The van der Waals surface area contributed by atoms with Crippen molar-refractivity contribution in [3.63, 3.8) is 0 Å². The van der Waals surface area contributed by atoms with E-state index in [4.69, 9.17) is 0 Å². The van der Waals surface area contributed by atoms with Gasteiger partial charge in [0.25, 0.3) is 0 Å². The molecule has 1 heterocycles. The third kappa shape index (κ3) is 1.69. The monoisotopic (exact) mass is 210 g/mol. The predicted octanol–water partition coefficient (Wildman–Crippen LogP) is 2.04. The highest BCUT2D eigenvalue weighted by atomic mass is 32.2. The summed E-state index contributed by atoms with van der Waals surface area (Å²) in [6, 6.07) is 7.36. The maximum absolute atomic E-state index is 11.8. The summed E-state index contributed by atoms with van der Waals surface area (Å²) < 4.78 is 23.7. The molecule has 1 aromatic rings. The molecule has 0 bridgehead atoms. The summed E-state index contributed by atoms with van der Waals surface area (Å²) in [4.78, 5) is 0.546. The molecule has 0 spiro atoms. The molecule has 0 aliphatic carbocycles. The fourth-order valence-electron chi connectivity index (χ4n) is 1.92. The summed E-state index contributed by atoms with van der Waals surface area (Å²) in [5.74, 6) is 0.763. The molecule has 14 heavy (non-hydrogen) atoms. The highest BCUT2D eigenvalue weighted by Crippen LogP contribution is 2.26. The van der Waals surface area contributed by atoms with Gasteiger partial charge in [-0.05, 0) is 30.4 Å². The largest absolute Gasteiger partial charge is 0.224 e. The van der Waals surface area contributed by atoms with Crippen molar-refractivity contribution in [2.24, 2.45) is 5.92 Å². The minimum Gasteiger partial charge on any atom is -0.224 e. The van der Waals surface area contributed by atoms with Crippen LogP contribution < -0.4 is 0 Å². The van der Waals surface area contributed by atoms with Gasteiger partial charge in [-0.15, -0.1) is 0 Å². The Morgan fingerprint density at radius 3 is 2.79 bits per heavy atom. The fourth-order valence-corrected chi connectivity index (χ4v) is 3.69. The van der Waals surface area contributed by atoms with E-state index in [9.17, 15) is 8.42 Å². The second-order valence-corrected chi connectivity index (χ2v) is 6.10. The molecule has 2 rings (SSSR count). The first-order valence-corrected chi connectivity index (χ1v) is 6.55. The van der Waals surface area contributed by atoms with Crippen molar-refractivity contribution in [1.29, 1.82) is 0 Å². The summed E-state index contributed by atoms with van der Waals surface area (Å²) in [6.07, 6.45) is 1.66. The van der Waals surface area contributed by atoms with Gasteiger partial charge in [0.2, 0.25) is 0 Å². The van der Waals surface area contributed by atoms with Crippen LogP contribution in [-0.4, -0.2) is 14.2 Å². The Hall–Kier alpha value is -0.830. The zero-order valence-corrected chi connectivity index (χ0v) is 9.05. The average molecular weight is 210 g/mol. The highest BCUT2D eigenvalue weighted by molar-refractivity contribution is 7.91. The summed E-state index contributed by atoms with van der Waals surface area (Å²) in [5, 5.41) is 0. The summed E-state index contributed by atoms with van der Waals surface area (Å²) in [5.41, 5.74) is 0.984. The maximum atomic E-state index is 11.8. The van der Waals surface area contributed by atoms with Crippen LogP contribution in [0.15, 0.2) is 29.2 Å². The smallest absolute Gasteiger partial charge is 0.178 e. The van der Waals surface area contributed by atoms with Gasteiger partial charge in [0.15, 0.2) is 9.84 Å². The molecule has 0 fully saturated rings. The van der Waals surface area contributed by atoms with Crippen LogP contribution in [-0.2, 0) is 16.3 Å². The first-order valence-electron chi connectivity index (χ1n) is 4.90. The molecule has 3 heteroatoms. The summed E-state index contributed by atoms with van der Waals surface area (Å²) in [6.45, 7) is 2.11. The van der Waals surface area contributed by atoms with Crippen molar-refractivity contribution in [3.05, 3.63) is 29.8 Å². The van der Waals surface area contributed by atoms with Crippen molar-refractivity contribution in [2.75, 3.05) is 5.75 Å². The topological polar surface area (TPSA) is 34.1 Å². The number of fused-ring (bicyclic) bond motifs is 1. The Morgan fingerprint density at radius 2 is 2.00 bits per heavy atom. The van der Waals surface area contributed by atoms with Crippen molar-refractivity contribution in [2.45, 2.75) is 24.7 Å². The molecule has 0 aromatic heterocycles. The van der Waals surface area contributed by atoms with Crippen molar-refractivity contribution < 1.29 is 8.42 Å². The number of benzene rings is 1. The molecule has 0 radical (unpaired) electrons. The molecule has 1 aromatic carbocycles. The standard InChI is InChI=1S/C11H14O2S/c1-9-6-7-14(12,13)11-5-3-2-4-10(11)8-9/h2-5,9H,6-8H2,1H3. The van der Waals surface area contributed by atoms with Crippen LogP contribution >= 0.6 is 0 Å². The Bertz CT molecular complexity index is 434. The van der Waals surface area contributed by atoms with Gasteiger partial charge in [-0.3, -0.25) is 0 Å². The second kappa shape index (κ2) is 3.39. The van der Waals surface area contributed by atoms with E-state index in [0.29, 0.717) is 16.6 Å². The van der Waals surface area contributed by atoms with Crippen LogP contribution in [0.4, 0.5) is 0 Å². The number of hydrogen-bond donors (Lipinski definition) is 0. The van der Waals surface area contributed by atoms with Gasteiger partial charge in [-0.25, -0.2) is 8.42 Å². The molecule has 1 atom stereocenters. The van der Waals surface area contributed by atoms with Crippen LogP contribution in [0.3, 0.4) is 0 Å². The zero-order chi connectivity index (χ0) is 10.2. The van der Waals surface area contributed by atoms with E-state index in [0.717, 1.165) is 18.4 Å². The third-order valence-electron chi connectivity index (χ3n) is 2.76. The van der Waals surface area contributed by atoms with Crippen LogP contribution in [0.5, 0.6) is 0 Å². The summed E-state index contributed by atoms with van der Waals surface area (Å²) in [7, 11) is -3.01. The van der Waals surface area contributed by atoms with Gasteiger partial charge in [0.05, 0.1) is 10.6 Å². The van der Waals surface area contributed by atoms with E-state index >= 15 is 0 Å². The van der Waals surface area contributed by atoms with Gasteiger partial charge in [0, 0.05) is 0 Å². The lowest BCUT2D eigenvalue weighted by Crippen LogP contribution is -2.06. The lowest BCUT2D eigenvalue weighted by atomic mass is 9.99. The molecule has 1 aliphatic rings. The van der Waals surface area contributed by atoms with E-state index < -0.39 is 9.84 Å². The molecule has 2 nitrogen and oxygen atoms in total. The Labute approximate surface area is 84.9 Å². The number of sulfone groups is 1. The van der Waals surface area contributed by atoms with Crippen LogP contribution in [0.25, 0.3) is 0 Å². The van der Waals surface area contributed by atoms with E-state index in [1.807, 2.05) is 12.1 Å². The summed E-state index contributed by atoms with van der Waals surface area (Å²) >= 11 is 0. The molecule has 1 aliphatic heterocycles. The fraction of sp³-hybridized carbons (Fsp3) is 0.455. The Morgan fingerprint density at radius 1 is 1.29 bits per heavy atom. The molecule has 0 saturated heterocycles. The Kier molecular flexibility index (Phi) is 2.35. The van der Waals surface area contributed by atoms with Crippen LogP contribution in [0.1, 0.15) is 18.9 Å². The third-order valence-corrected chi connectivity index (χ3v) is 4.60.